The van der Waals surface area contributed by atoms with Gasteiger partial charge in [0.05, 0.1) is 17.8 Å². The molecule has 2 aliphatic rings. The maximum Gasteiger partial charge on any atom is 0.133 e. The van der Waals surface area contributed by atoms with Crippen molar-refractivity contribution in [1.29, 1.82) is 0 Å². The predicted molar refractivity (Wildman–Crippen MR) is 73.3 cm³/mol. The van der Waals surface area contributed by atoms with Gasteiger partial charge in [-0.3, -0.25) is 0 Å². The molecule has 104 valence electrons. The van der Waals surface area contributed by atoms with Crippen LogP contribution in [0.25, 0.3) is 0 Å². The molecule has 0 amide bonds. The molecule has 1 saturated heterocycles. The van der Waals surface area contributed by atoms with E-state index in [1.807, 2.05) is 6.92 Å². The van der Waals surface area contributed by atoms with E-state index >= 15 is 0 Å². The zero-order valence-corrected chi connectivity index (χ0v) is 11.2. The molecule has 2 aliphatic heterocycles. The normalized spacial score (nSPS) is 26.8. The topological polar surface area (TPSA) is 82.1 Å². The number of fused-ring (bicyclic) bond motifs is 1. The Balaban J connectivity index is 1.89. The van der Waals surface area contributed by atoms with Gasteiger partial charge in [-0.05, 0) is 19.9 Å². The molecule has 0 saturated carbocycles. The molecule has 1 aromatic heterocycles. The van der Waals surface area contributed by atoms with E-state index in [2.05, 4.69) is 25.9 Å². The van der Waals surface area contributed by atoms with Crippen LogP contribution in [0.2, 0.25) is 0 Å². The van der Waals surface area contributed by atoms with Crippen LogP contribution in [0, 0.1) is 6.92 Å². The third-order valence-corrected chi connectivity index (χ3v) is 3.80. The van der Waals surface area contributed by atoms with Gasteiger partial charge in [0, 0.05) is 31.6 Å². The number of aryl methyl sites for hydroxylation is 1. The minimum atomic E-state index is -0.352. The van der Waals surface area contributed by atoms with Gasteiger partial charge in [0.15, 0.2) is 0 Å². The van der Waals surface area contributed by atoms with Gasteiger partial charge in [-0.1, -0.05) is 0 Å². The summed E-state index contributed by atoms with van der Waals surface area (Å²) >= 11 is 0. The van der Waals surface area contributed by atoms with Crippen molar-refractivity contribution in [3.8, 4) is 0 Å². The zero-order chi connectivity index (χ0) is 13.2. The first kappa shape index (κ1) is 12.8. The Hall–Kier alpha value is -1.24. The van der Waals surface area contributed by atoms with Crippen LogP contribution in [0.3, 0.4) is 0 Å². The molecule has 1 aromatic rings. The molecule has 0 aromatic carbocycles. The van der Waals surface area contributed by atoms with Crippen LogP contribution in [0.4, 0.5) is 5.82 Å². The lowest BCUT2D eigenvalue weighted by atomic mass is 10.1. The van der Waals surface area contributed by atoms with Gasteiger partial charge in [-0.2, -0.15) is 0 Å². The Kier molecular flexibility index (Phi) is 3.63. The number of aromatic nitrogens is 2. The largest absolute Gasteiger partial charge is 0.390 e. The fourth-order valence-electron chi connectivity index (χ4n) is 2.78. The summed E-state index contributed by atoms with van der Waals surface area (Å²) in [5.74, 6) is 1.70. The van der Waals surface area contributed by atoms with Crippen LogP contribution in [-0.4, -0.2) is 53.4 Å². The average molecular weight is 263 g/mol. The van der Waals surface area contributed by atoms with Crippen LogP contribution in [0.5, 0.6) is 0 Å². The summed E-state index contributed by atoms with van der Waals surface area (Å²) in [6.07, 6.45) is 1.53. The molecule has 0 spiro atoms. The molecule has 6 nitrogen and oxygen atoms in total. The second kappa shape index (κ2) is 5.40. The lowest BCUT2D eigenvalue weighted by molar-refractivity contribution is 0.185. The van der Waals surface area contributed by atoms with Gasteiger partial charge in [0.1, 0.15) is 11.6 Å². The van der Waals surface area contributed by atoms with E-state index in [1.54, 1.807) is 0 Å². The van der Waals surface area contributed by atoms with E-state index in [0.717, 1.165) is 49.8 Å². The molecule has 0 aliphatic carbocycles. The van der Waals surface area contributed by atoms with Crippen molar-refractivity contribution in [2.45, 2.75) is 31.9 Å². The zero-order valence-electron chi connectivity index (χ0n) is 11.2. The Morgan fingerprint density at radius 1 is 1.16 bits per heavy atom. The van der Waals surface area contributed by atoms with Gasteiger partial charge >= 0.3 is 0 Å². The second-order valence-electron chi connectivity index (χ2n) is 5.27. The van der Waals surface area contributed by atoms with Crippen LogP contribution in [0.1, 0.15) is 17.1 Å². The highest BCUT2D eigenvalue weighted by Gasteiger charge is 2.26. The molecule has 3 heterocycles. The number of rotatable bonds is 2. The van der Waals surface area contributed by atoms with Crippen molar-refractivity contribution in [2.75, 3.05) is 31.5 Å². The van der Waals surface area contributed by atoms with E-state index in [-0.39, 0.29) is 12.1 Å². The Morgan fingerprint density at radius 3 is 2.79 bits per heavy atom. The Bertz CT molecular complexity index is 465. The number of nitrogens with one attached hydrogen (secondary N) is 3. The standard InChI is InChI=1S/C13H21N5O/c1-8-16-10-3-5-14-4-2-9(10)13(17-8)18-11-6-15-7-12(11)19/h11-12,14-15,19H,2-7H2,1H3,(H,16,17,18)/t11-,12-/m1/s1. The lowest BCUT2D eigenvalue weighted by Crippen LogP contribution is -2.33. The lowest BCUT2D eigenvalue weighted by Gasteiger charge is -2.19. The third kappa shape index (κ3) is 2.70. The second-order valence-corrected chi connectivity index (χ2v) is 5.27. The highest BCUT2D eigenvalue weighted by Crippen LogP contribution is 2.21. The number of hydrogen-bond acceptors (Lipinski definition) is 6. The molecular weight excluding hydrogens is 242 g/mol. The summed E-state index contributed by atoms with van der Waals surface area (Å²) in [5.41, 5.74) is 2.34. The first-order valence-corrected chi connectivity index (χ1v) is 6.96. The summed E-state index contributed by atoms with van der Waals surface area (Å²) in [7, 11) is 0. The SMILES string of the molecule is Cc1nc2c(c(N[C@@H]3CNC[C@H]3O)n1)CCNCC2. The Labute approximate surface area is 113 Å². The first-order valence-electron chi connectivity index (χ1n) is 6.96. The van der Waals surface area contributed by atoms with Crippen molar-refractivity contribution in [2.24, 2.45) is 0 Å². The van der Waals surface area contributed by atoms with Crippen LogP contribution < -0.4 is 16.0 Å². The number of hydrogen-bond donors (Lipinski definition) is 4. The fourth-order valence-corrected chi connectivity index (χ4v) is 2.78. The van der Waals surface area contributed by atoms with E-state index in [1.165, 1.54) is 5.56 Å². The number of β-amino-alcohol motifs (C(OH)–C–C–N with tert-alkyl or cyclic N) is 1. The third-order valence-electron chi connectivity index (χ3n) is 3.80. The van der Waals surface area contributed by atoms with E-state index < -0.39 is 0 Å². The van der Waals surface area contributed by atoms with Crippen LogP contribution in [0.15, 0.2) is 0 Å². The van der Waals surface area contributed by atoms with Gasteiger partial charge < -0.3 is 21.1 Å². The van der Waals surface area contributed by atoms with E-state index in [9.17, 15) is 5.11 Å². The predicted octanol–water partition coefficient (Wildman–Crippen LogP) is -0.782. The molecule has 2 atom stereocenters. The Morgan fingerprint density at radius 2 is 2.00 bits per heavy atom. The van der Waals surface area contributed by atoms with Crippen LogP contribution in [-0.2, 0) is 12.8 Å². The molecule has 3 rings (SSSR count). The van der Waals surface area contributed by atoms with Crippen molar-refractivity contribution in [3.05, 3.63) is 17.1 Å². The van der Waals surface area contributed by atoms with Crippen LogP contribution >= 0.6 is 0 Å². The van der Waals surface area contributed by atoms with Crippen molar-refractivity contribution < 1.29 is 5.11 Å². The maximum atomic E-state index is 9.90. The highest BCUT2D eigenvalue weighted by atomic mass is 16.3. The number of nitrogens with zero attached hydrogens (tertiary/aromatic N) is 2. The number of aliphatic hydroxyl groups is 1. The van der Waals surface area contributed by atoms with Crippen molar-refractivity contribution in [1.82, 2.24) is 20.6 Å². The minimum Gasteiger partial charge on any atom is -0.390 e. The average Bonchev–Trinajstić information content (AvgIpc) is 2.64. The van der Waals surface area contributed by atoms with Gasteiger partial charge in [-0.15, -0.1) is 0 Å². The molecule has 4 N–H and O–H groups in total. The minimum absolute atomic E-state index is 0.0367. The molecular formula is C13H21N5O. The first-order chi connectivity index (χ1) is 9.24. The molecule has 0 bridgehead atoms. The molecule has 6 heteroatoms. The van der Waals surface area contributed by atoms with E-state index in [0.29, 0.717) is 6.54 Å². The molecule has 0 unspecified atom stereocenters. The summed E-state index contributed by atoms with van der Waals surface area (Å²) in [6, 6.07) is 0.0367. The molecule has 0 radical (unpaired) electrons. The van der Waals surface area contributed by atoms with Crippen molar-refractivity contribution in [3.63, 3.8) is 0 Å². The molecule has 19 heavy (non-hydrogen) atoms. The quantitative estimate of drug-likeness (QED) is 0.560. The number of anilines is 1. The van der Waals surface area contributed by atoms with Crippen molar-refractivity contribution >= 4 is 5.82 Å². The summed E-state index contributed by atoms with van der Waals surface area (Å²) in [6.45, 7) is 5.27. The summed E-state index contributed by atoms with van der Waals surface area (Å²) < 4.78 is 0. The van der Waals surface area contributed by atoms with Gasteiger partial charge in [0.25, 0.3) is 0 Å². The monoisotopic (exact) mass is 263 g/mol. The summed E-state index contributed by atoms with van der Waals surface area (Å²) in [5, 5.41) is 19.9. The fraction of sp³-hybridized carbons (Fsp3) is 0.692. The smallest absolute Gasteiger partial charge is 0.133 e. The summed E-state index contributed by atoms with van der Waals surface area (Å²) in [4.78, 5) is 9.10. The van der Waals surface area contributed by atoms with E-state index in [4.69, 9.17) is 0 Å². The number of aliphatic hydroxyl groups excluding tert-OH is 1. The molecule has 1 fully saturated rings. The van der Waals surface area contributed by atoms with Gasteiger partial charge in [-0.25, -0.2) is 9.97 Å². The maximum absolute atomic E-state index is 9.90. The van der Waals surface area contributed by atoms with Gasteiger partial charge in [0.2, 0.25) is 0 Å². The highest BCUT2D eigenvalue weighted by molar-refractivity contribution is 5.48.